The van der Waals surface area contributed by atoms with Crippen LogP contribution in [-0.2, 0) is 0 Å². The molecule has 82 valence electrons. The highest BCUT2D eigenvalue weighted by Crippen LogP contribution is 2.17. The third-order valence-corrected chi connectivity index (χ3v) is 2.18. The average molecular weight is 217 g/mol. The Labute approximate surface area is 92.2 Å². The molecule has 2 N–H and O–H groups in total. The van der Waals surface area contributed by atoms with Crippen LogP contribution in [0, 0.1) is 0 Å². The van der Waals surface area contributed by atoms with Crippen LogP contribution >= 0.6 is 0 Å². The number of hydrogen-bond acceptors (Lipinski definition) is 4. The van der Waals surface area contributed by atoms with Gasteiger partial charge < -0.3 is 10.4 Å². The Bertz CT molecular complexity index is 540. The van der Waals surface area contributed by atoms with E-state index in [1.54, 1.807) is 18.3 Å². The summed E-state index contributed by atoms with van der Waals surface area (Å²) >= 11 is 0. The topological polar surface area (TPSA) is 75.1 Å². The number of nitrogens with one attached hydrogen (secondary N) is 1. The molecule has 0 saturated carbocycles. The van der Waals surface area contributed by atoms with E-state index in [0.29, 0.717) is 18.0 Å². The van der Waals surface area contributed by atoms with Gasteiger partial charge in [0.15, 0.2) is 0 Å². The number of rotatable bonds is 3. The molecule has 0 saturated heterocycles. The molecule has 1 heterocycles. The molecule has 5 heteroatoms. The van der Waals surface area contributed by atoms with Gasteiger partial charge in [-0.1, -0.05) is 12.1 Å². The van der Waals surface area contributed by atoms with Crippen LogP contribution in [0.15, 0.2) is 24.4 Å². The SMILES string of the molecule is CCNc1ncc2cccc(C(=O)O)c2n1. The quantitative estimate of drug-likeness (QED) is 0.819. The molecule has 16 heavy (non-hydrogen) atoms. The number of fused-ring (bicyclic) bond motifs is 1. The second-order valence-electron chi connectivity index (χ2n) is 3.27. The lowest BCUT2D eigenvalue weighted by Crippen LogP contribution is -2.04. The first kappa shape index (κ1) is 10.4. The van der Waals surface area contributed by atoms with E-state index in [2.05, 4.69) is 15.3 Å². The maximum absolute atomic E-state index is 11.0. The van der Waals surface area contributed by atoms with Gasteiger partial charge in [-0.05, 0) is 13.0 Å². The standard InChI is InChI=1S/C11H11N3O2/c1-2-12-11-13-6-7-4-3-5-8(10(15)16)9(7)14-11/h3-6H,2H2,1H3,(H,15,16)(H,12,13,14). The zero-order valence-corrected chi connectivity index (χ0v) is 8.77. The van der Waals surface area contributed by atoms with Gasteiger partial charge in [0.25, 0.3) is 0 Å². The fraction of sp³-hybridized carbons (Fsp3) is 0.182. The Balaban J connectivity index is 2.63. The first-order chi connectivity index (χ1) is 7.72. The highest BCUT2D eigenvalue weighted by Gasteiger charge is 2.10. The van der Waals surface area contributed by atoms with E-state index < -0.39 is 5.97 Å². The predicted molar refractivity (Wildman–Crippen MR) is 60.7 cm³/mol. The molecule has 0 fully saturated rings. The summed E-state index contributed by atoms with van der Waals surface area (Å²) in [5, 5.41) is 12.7. The minimum atomic E-state index is -0.980. The van der Waals surface area contributed by atoms with Gasteiger partial charge in [-0.3, -0.25) is 0 Å². The van der Waals surface area contributed by atoms with Crippen molar-refractivity contribution in [1.82, 2.24) is 9.97 Å². The van der Waals surface area contributed by atoms with Gasteiger partial charge in [0.05, 0.1) is 11.1 Å². The molecule has 0 bridgehead atoms. The summed E-state index contributed by atoms with van der Waals surface area (Å²) in [6, 6.07) is 5.01. The number of aromatic nitrogens is 2. The van der Waals surface area contributed by atoms with Crippen molar-refractivity contribution in [3.63, 3.8) is 0 Å². The van der Waals surface area contributed by atoms with Gasteiger partial charge in [-0.2, -0.15) is 0 Å². The van der Waals surface area contributed by atoms with Gasteiger partial charge in [0, 0.05) is 18.1 Å². The first-order valence-corrected chi connectivity index (χ1v) is 4.95. The maximum Gasteiger partial charge on any atom is 0.337 e. The molecule has 0 amide bonds. The Morgan fingerprint density at radius 3 is 3.00 bits per heavy atom. The van der Waals surface area contributed by atoms with Crippen molar-refractivity contribution in [2.45, 2.75) is 6.92 Å². The fourth-order valence-corrected chi connectivity index (χ4v) is 1.47. The molecule has 2 rings (SSSR count). The van der Waals surface area contributed by atoms with Crippen LogP contribution in [0.4, 0.5) is 5.95 Å². The molecule has 2 aromatic rings. The number of carboxylic acids is 1. The van der Waals surface area contributed by atoms with E-state index in [9.17, 15) is 4.79 Å². The van der Waals surface area contributed by atoms with Crippen LogP contribution in [0.5, 0.6) is 0 Å². The van der Waals surface area contributed by atoms with Crippen LogP contribution in [0.3, 0.4) is 0 Å². The van der Waals surface area contributed by atoms with Crippen molar-refractivity contribution < 1.29 is 9.90 Å². The zero-order chi connectivity index (χ0) is 11.5. The smallest absolute Gasteiger partial charge is 0.337 e. The van der Waals surface area contributed by atoms with E-state index in [1.165, 1.54) is 6.07 Å². The minimum Gasteiger partial charge on any atom is -0.478 e. The summed E-state index contributed by atoms with van der Waals surface area (Å²) in [5.41, 5.74) is 0.653. The van der Waals surface area contributed by atoms with Gasteiger partial charge in [0.1, 0.15) is 0 Å². The molecule has 1 aromatic heterocycles. The summed E-state index contributed by atoms with van der Waals surface area (Å²) in [4.78, 5) is 19.3. The number of nitrogens with zero attached hydrogens (tertiary/aromatic N) is 2. The molecule has 0 unspecified atom stereocenters. The lowest BCUT2D eigenvalue weighted by Gasteiger charge is -2.04. The van der Waals surface area contributed by atoms with E-state index in [1.807, 2.05) is 6.92 Å². The number of para-hydroxylation sites is 1. The zero-order valence-electron chi connectivity index (χ0n) is 8.77. The maximum atomic E-state index is 11.0. The van der Waals surface area contributed by atoms with Crippen molar-refractivity contribution in [3.8, 4) is 0 Å². The third kappa shape index (κ3) is 1.79. The monoisotopic (exact) mass is 217 g/mol. The molecule has 0 aliphatic carbocycles. The van der Waals surface area contributed by atoms with Crippen molar-refractivity contribution in [2.24, 2.45) is 0 Å². The molecular weight excluding hydrogens is 206 g/mol. The summed E-state index contributed by atoms with van der Waals surface area (Å²) < 4.78 is 0. The Morgan fingerprint density at radius 2 is 2.31 bits per heavy atom. The van der Waals surface area contributed by atoms with Crippen LogP contribution in [0.25, 0.3) is 10.9 Å². The Hall–Kier alpha value is -2.17. The van der Waals surface area contributed by atoms with Gasteiger partial charge in [-0.25, -0.2) is 14.8 Å². The molecular formula is C11H11N3O2. The summed E-state index contributed by atoms with van der Waals surface area (Å²) in [7, 11) is 0. The summed E-state index contributed by atoms with van der Waals surface area (Å²) in [5.74, 6) is -0.532. The first-order valence-electron chi connectivity index (χ1n) is 4.95. The van der Waals surface area contributed by atoms with Crippen LogP contribution in [0.1, 0.15) is 17.3 Å². The van der Waals surface area contributed by atoms with E-state index in [4.69, 9.17) is 5.11 Å². The van der Waals surface area contributed by atoms with Crippen molar-refractivity contribution in [3.05, 3.63) is 30.0 Å². The summed E-state index contributed by atoms with van der Waals surface area (Å²) in [6.07, 6.45) is 1.62. The second-order valence-corrected chi connectivity index (χ2v) is 3.27. The summed E-state index contributed by atoms with van der Waals surface area (Å²) in [6.45, 7) is 2.62. The predicted octanol–water partition coefficient (Wildman–Crippen LogP) is 1.76. The van der Waals surface area contributed by atoms with Crippen molar-refractivity contribution in [2.75, 3.05) is 11.9 Å². The molecule has 0 spiro atoms. The molecule has 5 nitrogen and oxygen atoms in total. The molecule has 0 aliphatic rings. The van der Waals surface area contributed by atoms with E-state index >= 15 is 0 Å². The van der Waals surface area contributed by atoms with Crippen LogP contribution < -0.4 is 5.32 Å². The van der Waals surface area contributed by atoms with Crippen molar-refractivity contribution >= 4 is 22.8 Å². The number of anilines is 1. The second kappa shape index (κ2) is 4.14. The normalized spacial score (nSPS) is 10.3. The lowest BCUT2D eigenvalue weighted by atomic mass is 10.1. The third-order valence-electron chi connectivity index (χ3n) is 2.18. The van der Waals surface area contributed by atoms with Gasteiger partial charge >= 0.3 is 5.97 Å². The highest BCUT2D eigenvalue weighted by molar-refractivity contribution is 6.01. The Kier molecular flexibility index (Phi) is 2.68. The lowest BCUT2D eigenvalue weighted by molar-refractivity contribution is 0.0699. The van der Waals surface area contributed by atoms with Crippen LogP contribution in [-0.4, -0.2) is 27.6 Å². The minimum absolute atomic E-state index is 0.194. The number of carboxylic acid groups (broad SMARTS) is 1. The van der Waals surface area contributed by atoms with Gasteiger partial charge in [-0.15, -0.1) is 0 Å². The Morgan fingerprint density at radius 1 is 1.50 bits per heavy atom. The number of carbonyl (C=O) groups is 1. The van der Waals surface area contributed by atoms with Gasteiger partial charge in [0.2, 0.25) is 5.95 Å². The average Bonchev–Trinajstić information content (AvgIpc) is 2.28. The molecule has 0 aliphatic heterocycles. The largest absolute Gasteiger partial charge is 0.478 e. The molecule has 1 aromatic carbocycles. The van der Waals surface area contributed by atoms with E-state index in [-0.39, 0.29) is 5.56 Å². The number of hydrogen-bond donors (Lipinski definition) is 2. The molecule has 0 radical (unpaired) electrons. The van der Waals surface area contributed by atoms with Crippen LogP contribution in [0.2, 0.25) is 0 Å². The highest BCUT2D eigenvalue weighted by atomic mass is 16.4. The fourth-order valence-electron chi connectivity index (χ4n) is 1.47. The van der Waals surface area contributed by atoms with Crippen molar-refractivity contribution in [1.29, 1.82) is 0 Å². The number of aromatic carboxylic acids is 1. The molecule has 0 atom stereocenters. The number of benzene rings is 1. The van der Waals surface area contributed by atoms with E-state index in [0.717, 1.165) is 5.39 Å².